The number of thiazole rings is 1. The number of aliphatic hydroxyl groups is 1. The first-order valence-corrected chi connectivity index (χ1v) is 6.76. The molecule has 1 aromatic heterocycles. The summed E-state index contributed by atoms with van der Waals surface area (Å²) in [5.41, 5.74) is 1.71. The van der Waals surface area contributed by atoms with Gasteiger partial charge in [-0.25, -0.2) is 0 Å². The van der Waals surface area contributed by atoms with Gasteiger partial charge < -0.3 is 15.7 Å². The highest BCUT2D eigenvalue weighted by Gasteiger charge is 2.15. The van der Waals surface area contributed by atoms with Crippen LogP contribution in [0.5, 0.6) is 0 Å². The molecule has 6 heteroatoms. The molecule has 0 aliphatic rings. The van der Waals surface area contributed by atoms with Crippen LogP contribution in [-0.4, -0.2) is 33.4 Å². The van der Waals surface area contributed by atoms with Crippen molar-refractivity contribution in [2.75, 3.05) is 6.61 Å². The maximum atomic E-state index is 9.31. The minimum Gasteiger partial charge on any atom is -0.394 e. The molecule has 0 bridgehead atoms. The standard InChI is InChI=1S/C11H19N3OS2/c1-11(2,3)14-10(16)13-8(6-15)4-9-5-12-7-17-9/h5,7-8,15H,4,6H2,1-3H3,(H2,13,14,16). The first-order valence-electron chi connectivity index (χ1n) is 5.47. The first kappa shape index (κ1) is 14.3. The molecule has 3 N–H and O–H groups in total. The molecule has 0 radical (unpaired) electrons. The smallest absolute Gasteiger partial charge is 0.167 e. The molecule has 0 amide bonds. The molecule has 96 valence electrons. The largest absolute Gasteiger partial charge is 0.394 e. The van der Waals surface area contributed by atoms with Crippen molar-refractivity contribution < 1.29 is 5.11 Å². The number of aliphatic hydroxyl groups excluding tert-OH is 1. The minimum absolute atomic E-state index is 0.0455. The van der Waals surface area contributed by atoms with Crippen molar-refractivity contribution >= 4 is 28.7 Å². The molecule has 0 aromatic carbocycles. The number of hydrogen-bond donors (Lipinski definition) is 3. The molecule has 4 nitrogen and oxygen atoms in total. The van der Waals surface area contributed by atoms with Crippen molar-refractivity contribution in [3.63, 3.8) is 0 Å². The first-order chi connectivity index (χ1) is 7.90. The molecule has 0 saturated heterocycles. The highest BCUT2D eigenvalue weighted by Crippen LogP contribution is 2.08. The van der Waals surface area contributed by atoms with E-state index in [9.17, 15) is 5.11 Å². The fraction of sp³-hybridized carbons (Fsp3) is 0.636. The lowest BCUT2D eigenvalue weighted by molar-refractivity contribution is 0.254. The second kappa shape index (κ2) is 6.28. The third-order valence-electron chi connectivity index (χ3n) is 1.98. The molecule has 0 spiro atoms. The summed E-state index contributed by atoms with van der Waals surface area (Å²) in [4.78, 5) is 5.14. The summed E-state index contributed by atoms with van der Waals surface area (Å²) in [5, 5.41) is 16.1. The van der Waals surface area contributed by atoms with Gasteiger partial charge in [-0.2, -0.15) is 0 Å². The van der Waals surface area contributed by atoms with E-state index in [-0.39, 0.29) is 18.2 Å². The Morgan fingerprint density at radius 1 is 1.59 bits per heavy atom. The summed E-state index contributed by atoms with van der Waals surface area (Å²) in [7, 11) is 0. The Kier molecular flexibility index (Phi) is 5.30. The topological polar surface area (TPSA) is 57.2 Å². The van der Waals surface area contributed by atoms with E-state index in [1.807, 2.05) is 27.0 Å². The van der Waals surface area contributed by atoms with Gasteiger partial charge in [0.1, 0.15) is 0 Å². The van der Waals surface area contributed by atoms with Gasteiger partial charge in [0.05, 0.1) is 18.2 Å². The monoisotopic (exact) mass is 273 g/mol. The van der Waals surface area contributed by atoms with Gasteiger partial charge in [0.15, 0.2) is 5.11 Å². The van der Waals surface area contributed by atoms with Crippen LogP contribution >= 0.6 is 23.6 Å². The Morgan fingerprint density at radius 2 is 2.29 bits per heavy atom. The normalized spacial score (nSPS) is 13.2. The van der Waals surface area contributed by atoms with E-state index in [2.05, 4.69) is 15.6 Å². The van der Waals surface area contributed by atoms with Crippen LogP contribution in [0.4, 0.5) is 0 Å². The number of aromatic nitrogens is 1. The van der Waals surface area contributed by atoms with Gasteiger partial charge in [-0.1, -0.05) is 0 Å². The predicted octanol–water partition coefficient (Wildman–Crippen LogP) is 1.31. The summed E-state index contributed by atoms with van der Waals surface area (Å²) in [5.74, 6) is 0. The summed E-state index contributed by atoms with van der Waals surface area (Å²) >= 11 is 6.78. The molecular formula is C11H19N3OS2. The van der Waals surface area contributed by atoms with Crippen LogP contribution in [0.2, 0.25) is 0 Å². The highest BCUT2D eigenvalue weighted by atomic mass is 32.1. The Labute approximate surface area is 111 Å². The number of thiocarbonyl (C=S) groups is 1. The van der Waals surface area contributed by atoms with Crippen LogP contribution in [0.25, 0.3) is 0 Å². The predicted molar refractivity (Wildman–Crippen MR) is 75.3 cm³/mol. The van der Waals surface area contributed by atoms with E-state index in [0.29, 0.717) is 5.11 Å². The average Bonchev–Trinajstić information content (AvgIpc) is 2.66. The Morgan fingerprint density at radius 3 is 2.76 bits per heavy atom. The molecule has 0 aliphatic carbocycles. The SMILES string of the molecule is CC(C)(C)NC(=S)NC(CO)Cc1cncs1. The molecule has 1 rings (SSSR count). The van der Waals surface area contributed by atoms with Gasteiger partial charge in [0.25, 0.3) is 0 Å². The van der Waals surface area contributed by atoms with E-state index in [1.54, 1.807) is 16.8 Å². The molecule has 1 atom stereocenters. The van der Waals surface area contributed by atoms with Gasteiger partial charge in [-0.3, -0.25) is 4.98 Å². The third-order valence-corrected chi connectivity index (χ3v) is 3.00. The van der Waals surface area contributed by atoms with Crippen LogP contribution in [-0.2, 0) is 6.42 Å². The quantitative estimate of drug-likeness (QED) is 0.722. The minimum atomic E-state index is -0.0748. The Hall–Kier alpha value is -0.720. The number of hydrogen-bond acceptors (Lipinski definition) is 4. The highest BCUT2D eigenvalue weighted by molar-refractivity contribution is 7.80. The van der Waals surface area contributed by atoms with Gasteiger partial charge >= 0.3 is 0 Å². The molecule has 0 fully saturated rings. The van der Waals surface area contributed by atoms with E-state index >= 15 is 0 Å². The number of nitrogens with zero attached hydrogens (tertiary/aromatic N) is 1. The maximum absolute atomic E-state index is 9.31. The lowest BCUT2D eigenvalue weighted by Gasteiger charge is -2.25. The molecule has 1 heterocycles. The fourth-order valence-corrected chi connectivity index (χ4v) is 2.46. The van der Waals surface area contributed by atoms with Crippen molar-refractivity contribution in [3.8, 4) is 0 Å². The van der Waals surface area contributed by atoms with Crippen LogP contribution in [0.15, 0.2) is 11.7 Å². The zero-order chi connectivity index (χ0) is 12.9. The molecule has 1 aromatic rings. The van der Waals surface area contributed by atoms with E-state index in [0.717, 1.165) is 11.3 Å². The number of rotatable bonds is 4. The fourth-order valence-electron chi connectivity index (χ4n) is 1.31. The van der Waals surface area contributed by atoms with Crippen LogP contribution in [0, 0.1) is 0 Å². The zero-order valence-electron chi connectivity index (χ0n) is 10.4. The average molecular weight is 273 g/mol. The third kappa shape index (κ3) is 5.95. The van der Waals surface area contributed by atoms with Crippen LogP contribution in [0.3, 0.4) is 0 Å². The molecule has 0 aliphatic heterocycles. The van der Waals surface area contributed by atoms with E-state index in [4.69, 9.17) is 12.2 Å². The van der Waals surface area contributed by atoms with Crippen molar-refractivity contribution in [1.29, 1.82) is 0 Å². The summed E-state index contributed by atoms with van der Waals surface area (Å²) in [6, 6.07) is -0.0715. The molecular weight excluding hydrogens is 254 g/mol. The molecule has 1 unspecified atom stereocenters. The summed E-state index contributed by atoms with van der Waals surface area (Å²) in [6.45, 7) is 6.16. The number of nitrogens with one attached hydrogen (secondary N) is 2. The van der Waals surface area contributed by atoms with Crippen molar-refractivity contribution in [3.05, 3.63) is 16.6 Å². The van der Waals surface area contributed by atoms with Crippen LogP contribution < -0.4 is 10.6 Å². The van der Waals surface area contributed by atoms with Gasteiger partial charge in [0, 0.05) is 23.0 Å². The van der Waals surface area contributed by atoms with Crippen molar-refractivity contribution in [2.45, 2.75) is 38.8 Å². The Bertz CT molecular complexity index is 346. The van der Waals surface area contributed by atoms with Gasteiger partial charge in [-0.05, 0) is 33.0 Å². The maximum Gasteiger partial charge on any atom is 0.167 e. The second-order valence-electron chi connectivity index (χ2n) is 4.90. The lowest BCUT2D eigenvalue weighted by atomic mass is 10.1. The summed E-state index contributed by atoms with van der Waals surface area (Å²) < 4.78 is 0. The van der Waals surface area contributed by atoms with E-state index in [1.165, 1.54) is 0 Å². The molecule has 0 saturated carbocycles. The zero-order valence-corrected chi connectivity index (χ0v) is 12.0. The summed E-state index contributed by atoms with van der Waals surface area (Å²) in [6.07, 6.45) is 2.54. The van der Waals surface area contributed by atoms with Crippen molar-refractivity contribution in [1.82, 2.24) is 15.6 Å². The second-order valence-corrected chi connectivity index (χ2v) is 6.28. The van der Waals surface area contributed by atoms with E-state index < -0.39 is 0 Å². The molecule has 17 heavy (non-hydrogen) atoms. The van der Waals surface area contributed by atoms with Crippen molar-refractivity contribution in [2.24, 2.45) is 0 Å². The Balaban J connectivity index is 2.44. The van der Waals surface area contributed by atoms with Gasteiger partial charge in [-0.15, -0.1) is 11.3 Å². The van der Waals surface area contributed by atoms with Crippen LogP contribution in [0.1, 0.15) is 25.6 Å². The van der Waals surface area contributed by atoms with Gasteiger partial charge in [0.2, 0.25) is 0 Å². The lowest BCUT2D eigenvalue weighted by Crippen LogP contribution is -2.50.